The van der Waals surface area contributed by atoms with Crippen molar-refractivity contribution in [3.05, 3.63) is 59.9 Å². The fraction of sp³-hybridized carbons (Fsp3) is 0.0714. The van der Waals surface area contributed by atoms with Crippen molar-refractivity contribution in [2.24, 2.45) is 0 Å². The van der Waals surface area contributed by atoms with Crippen LogP contribution in [-0.4, -0.2) is 36.8 Å². The van der Waals surface area contributed by atoms with Crippen molar-refractivity contribution < 1.29 is 20.8 Å². The summed E-state index contributed by atoms with van der Waals surface area (Å²) in [5.74, 6) is -1.98. The van der Waals surface area contributed by atoms with E-state index in [4.69, 9.17) is 0 Å². The molecule has 0 aliphatic heterocycles. The number of rotatable bonds is 3. The zero-order valence-corrected chi connectivity index (χ0v) is 13.4. The number of ketones is 1. The van der Waals surface area contributed by atoms with Crippen LogP contribution in [0.5, 0.6) is 0 Å². The summed E-state index contributed by atoms with van der Waals surface area (Å²) >= 11 is -0.0679. The molecule has 0 saturated carbocycles. The van der Waals surface area contributed by atoms with Gasteiger partial charge in [0.1, 0.15) is 0 Å². The zero-order valence-electron chi connectivity index (χ0n) is 10.1. The molecule has 0 aliphatic rings. The number of benzene rings is 2. The van der Waals surface area contributed by atoms with Crippen LogP contribution in [0.4, 0.5) is 13.2 Å². The van der Waals surface area contributed by atoms with Crippen molar-refractivity contribution >= 4 is 41.4 Å². The van der Waals surface area contributed by atoms with Gasteiger partial charge in [-0.25, -0.2) is 0 Å². The molecule has 0 aliphatic carbocycles. The molecule has 0 unspecified atom stereocenters. The molecule has 0 fully saturated rings. The number of carbonyl (C=O) groups is 1. The molecule has 0 bridgehead atoms. The van der Waals surface area contributed by atoms with Crippen molar-refractivity contribution in [1.29, 1.82) is 0 Å². The SMILES string of the molecule is O=C(/C=C(\[O][In])C(F)(F)F)c1ccc2ccccc2c1. The molecule has 0 amide bonds. The van der Waals surface area contributed by atoms with Crippen LogP contribution in [0.3, 0.4) is 0 Å². The first-order chi connectivity index (χ1) is 9.41. The Kier molecular flexibility index (Phi) is 4.42. The van der Waals surface area contributed by atoms with Crippen LogP contribution < -0.4 is 0 Å². The van der Waals surface area contributed by atoms with E-state index in [1.165, 1.54) is 6.07 Å². The van der Waals surface area contributed by atoms with Crippen molar-refractivity contribution in [1.82, 2.24) is 0 Å². The van der Waals surface area contributed by atoms with Gasteiger partial charge < -0.3 is 0 Å². The number of hydrogen-bond donors (Lipinski definition) is 0. The summed E-state index contributed by atoms with van der Waals surface area (Å²) in [6.07, 6.45) is -4.15. The monoisotopic (exact) mass is 380 g/mol. The van der Waals surface area contributed by atoms with Gasteiger partial charge in [0.2, 0.25) is 0 Å². The van der Waals surface area contributed by atoms with Gasteiger partial charge in [-0.1, -0.05) is 0 Å². The van der Waals surface area contributed by atoms with Gasteiger partial charge in [-0.2, -0.15) is 0 Å². The Bertz CT molecular complexity index is 677. The van der Waals surface area contributed by atoms with E-state index in [2.05, 4.69) is 2.85 Å². The molecular weight excluding hydrogens is 372 g/mol. The standard InChI is InChI=1S/C14H9F3O2.In/c15-14(16,17)13(19)8-12(18)11-6-5-9-3-1-2-4-10(9)7-11;/h1-8,19H;/q;+1/p-1/b13-8-;. The summed E-state index contributed by atoms with van der Waals surface area (Å²) in [5.41, 5.74) is 0.197. The third kappa shape index (κ3) is 3.36. The molecule has 0 spiro atoms. The van der Waals surface area contributed by atoms with Gasteiger partial charge in [0.25, 0.3) is 0 Å². The van der Waals surface area contributed by atoms with E-state index in [9.17, 15) is 18.0 Å². The summed E-state index contributed by atoms with van der Waals surface area (Å²) in [4.78, 5) is 11.9. The van der Waals surface area contributed by atoms with E-state index < -0.39 is 17.7 Å². The fourth-order valence-corrected chi connectivity index (χ4v) is 2.30. The first-order valence-electron chi connectivity index (χ1n) is 5.60. The summed E-state index contributed by atoms with van der Waals surface area (Å²) < 4.78 is 41.9. The average Bonchev–Trinajstić information content (AvgIpc) is 2.42. The molecule has 0 aromatic heterocycles. The molecule has 2 radical (unpaired) electrons. The summed E-state index contributed by atoms with van der Waals surface area (Å²) in [7, 11) is 0. The minimum atomic E-state index is -4.65. The molecule has 0 heterocycles. The van der Waals surface area contributed by atoms with Gasteiger partial charge in [0, 0.05) is 0 Å². The quantitative estimate of drug-likeness (QED) is 0.463. The predicted octanol–water partition coefficient (Wildman–Crippen LogP) is 3.57. The number of hydrogen-bond acceptors (Lipinski definition) is 2. The summed E-state index contributed by atoms with van der Waals surface area (Å²) in [6, 6.07) is 12.1. The average molecular weight is 380 g/mol. The van der Waals surface area contributed by atoms with E-state index in [-0.39, 0.29) is 30.4 Å². The van der Waals surface area contributed by atoms with Crippen molar-refractivity contribution in [2.75, 3.05) is 0 Å². The second-order valence-electron chi connectivity index (χ2n) is 4.05. The van der Waals surface area contributed by atoms with E-state index in [1.54, 1.807) is 24.3 Å². The maximum absolute atomic E-state index is 12.5. The number of carbonyl (C=O) groups excluding carboxylic acids is 1. The summed E-state index contributed by atoms with van der Waals surface area (Å²) in [5, 5.41) is 1.72. The Labute approximate surface area is 128 Å². The molecule has 20 heavy (non-hydrogen) atoms. The van der Waals surface area contributed by atoms with Gasteiger partial charge in [0.05, 0.1) is 0 Å². The predicted molar refractivity (Wildman–Crippen MR) is 69.3 cm³/mol. The molecule has 6 heteroatoms. The first kappa shape index (κ1) is 15.0. The molecule has 0 saturated heterocycles. The number of fused-ring (bicyclic) bond motifs is 1. The molecule has 100 valence electrons. The molecule has 0 N–H and O–H groups in total. The molecular formula is C14H8F3InO2. The van der Waals surface area contributed by atoms with Gasteiger partial charge in [0.15, 0.2) is 0 Å². The van der Waals surface area contributed by atoms with Crippen molar-refractivity contribution in [3.8, 4) is 0 Å². The van der Waals surface area contributed by atoms with Gasteiger partial charge in [-0.05, 0) is 0 Å². The van der Waals surface area contributed by atoms with Crippen LogP contribution in [0.15, 0.2) is 54.3 Å². The Morgan fingerprint density at radius 2 is 1.75 bits per heavy atom. The maximum atomic E-state index is 12.5. The first-order valence-corrected chi connectivity index (χ1v) is 6.95. The normalized spacial score (nSPS) is 12.4. The number of halogens is 3. The van der Waals surface area contributed by atoms with E-state index in [0.29, 0.717) is 6.08 Å². The Morgan fingerprint density at radius 3 is 2.35 bits per heavy atom. The van der Waals surface area contributed by atoms with Crippen molar-refractivity contribution in [2.45, 2.75) is 6.18 Å². The van der Waals surface area contributed by atoms with Gasteiger partial charge in [-0.3, -0.25) is 0 Å². The van der Waals surface area contributed by atoms with E-state index >= 15 is 0 Å². The van der Waals surface area contributed by atoms with Crippen LogP contribution in [0, 0.1) is 0 Å². The minimum absolute atomic E-state index is 0.0679. The van der Waals surface area contributed by atoms with Gasteiger partial charge >= 0.3 is 128 Å². The second-order valence-corrected chi connectivity index (χ2v) is 4.72. The van der Waals surface area contributed by atoms with Crippen LogP contribution in [0.25, 0.3) is 10.8 Å². The molecule has 2 rings (SSSR count). The molecule has 0 atom stereocenters. The molecule has 2 aromatic rings. The Morgan fingerprint density at radius 1 is 1.10 bits per heavy atom. The zero-order chi connectivity index (χ0) is 14.8. The third-order valence-electron chi connectivity index (χ3n) is 2.70. The number of allylic oxidation sites excluding steroid dienone is 2. The second kappa shape index (κ2) is 5.91. The van der Waals surface area contributed by atoms with Crippen LogP contribution in [0.1, 0.15) is 10.4 Å². The topological polar surface area (TPSA) is 26.3 Å². The number of alkyl halides is 3. The molecule has 2 aromatic carbocycles. The van der Waals surface area contributed by atoms with Crippen LogP contribution in [-0.2, 0) is 2.85 Å². The third-order valence-corrected chi connectivity index (χ3v) is 3.43. The van der Waals surface area contributed by atoms with Gasteiger partial charge in [-0.15, -0.1) is 0 Å². The molecule has 2 nitrogen and oxygen atoms in total. The fourth-order valence-electron chi connectivity index (χ4n) is 1.73. The van der Waals surface area contributed by atoms with Crippen LogP contribution >= 0.6 is 0 Å². The van der Waals surface area contributed by atoms with E-state index in [1.807, 2.05) is 12.1 Å². The summed E-state index contributed by atoms with van der Waals surface area (Å²) in [6.45, 7) is 0. The van der Waals surface area contributed by atoms with Crippen molar-refractivity contribution in [3.63, 3.8) is 0 Å². The Balaban J connectivity index is 2.38. The Hall–Kier alpha value is -1.43. The van der Waals surface area contributed by atoms with Crippen LogP contribution in [0.2, 0.25) is 0 Å². The van der Waals surface area contributed by atoms with E-state index in [0.717, 1.165) is 10.8 Å².